The molecular weight excluding hydrogens is 633 g/mol. The van der Waals surface area contributed by atoms with E-state index >= 15 is 0 Å². The number of carboxylic acid groups (broad SMARTS) is 1. The first-order chi connectivity index (χ1) is 21.2. The number of amides is 1. The molecule has 45 heavy (non-hydrogen) atoms. The fraction of sp³-hybridized carbons (Fsp3) is 0.533. The lowest BCUT2D eigenvalue weighted by molar-refractivity contribution is -0.192. The maximum atomic E-state index is 12.4. The van der Waals surface area contributed by atoms with Crippen molar-refractivity contribution in [1.29, 1.82) is 0 Å². The van der Waals surface area contributed by atoms with Gasteiger partial charge in [-0.3, -0.25) is 4.79 Å². The lowest BCUT2D eigenvalue weighted by atomic mass is 9.88. The summed E-state index contributed by atoms with van der Waals surface area (Å²) in [6, 6.07) is 6.26. The summed E-state index contributed by atoms with van der Waals surface area (Å²) in [4.78, 5) is 28.3. The molecule has 0 bridgehead atoms. The number of thiophene rings is 1. The van der Waals surface area contributed by atoms with Crippen molar-refractivity contribution in [2.45, 2.75) is 51.2 Å². The van der Waals surface area contributed by atoms with Gasteiger partial charge in [-0.1, -0.05) is 0 Å². The molecule has 0 atom stereocenters. The summed E-state index contributed by atoms with van der Waals surface area (Å²) in [6.07, 6.45) is 0.652. The number of piperidine rings is 1. The van der Waals surface area contributed by atoms with Gasteiger partial charge < -0.3 is 25.5 Å². The minimum Gasteiger partial charge on any atom is -0.475 e. The van der Waals surface area contributed by atoms with Crippen LogP contribution in [0.4, 0.5) is 13.2 Å². The maximum Gasteiger partial charge on any atom is 0.490 e. The highest BCUT2D eigenvalue weighted by Crippen LogP contribution is 2.38. The monoisotopic (exact) mass is 672 g/mol. The van der Waals surface area contributed by atoms with Gasteiger partial charge in [0.1, 0.15) is 0 Å². The molecule has 2 fully saturated rings. The molecule has 2 aliphatic rings. The number of rotatable bonds is 9. The van der Waals surface area contributed by atoms with Crippen LogP contribution >= 0.6 is 11.3 Å². The number of primary amides is 1. The van der Waals surface area contributed by atoms with Crippen molar-refractivity contribution in [3.05, 3.63) is 45.8 Å². The lowest BCUT2D eigenvalue weighted by Crippen LogP contribution is -2.38. The molecule has 2 aromatic heterocycles. The summed E-state index contributed by atoms with van der Waals surface area (Å²) >= 11 is 1.74. The van der Waals surface area contributed by atoms with Crippen molar-refractivity contribution in [2.24, 2.45) is 11.7 Å². The predicted octanol–water partition coefficient (Wildman–Crippen LogP) is 5.02. The standard InChI is InChI=1S/C28H38N4O4S2.C2HF3O2/c1-3-38(34,35)32-8-4-20(5-9-32)26-15-30-27-24(26)13-21(14-25(27)28(29)33)22-12-23(37-18-22)17-31(2)16-19-6-10-36-11-7-19;3-2(4,5)1(6)7/h12-15,18-20,30H,3-11,16-17H2,1-2H3,(H2,29,33);(H,6,7). The number of aromatic nitrogens is 1. The van der Waals surface area contributed by atoms with Gasteiger partial charge in [-0.15, -0.1) is 11.3 Å². The molecule has 248 valence electrons. The molecule has 4 N–H and O–H groups in total. The highest BCUT2D eigenvalue weighted by atomic mass is 32.2. The third kappa shape index (κ3) is 8.85. The minimum absolute atomic E-state index is 0.129. The molecule has 1 amide bonds. The number of halogens is 3. The number of nitrogens with zero attached hydrogens (tertiary/aromatic N) is 2. The number of hydrogen-bond acceptors (Lipinski definition) is 7. The number of nitrogens with one attached hydrogen (secondary N) is 1. The zero-order valence-electron chi connectivity index (χ0n) is 25.2. The molecule has 3 aromatic rings. The third-order valence-corrected chi connectivity index (χ3v) is 11.1. The average Bonchev–Trinajstić information content (AvgIpc) is 3.64. The van der Waals surface area contributed by atoms with Gasteiger partial charge in [-0.25, -0.2) is 17.5 Å². The summed E-state index contributed by atoms with van der Waals surface area (Å²) in [6.45, 7) is 6.42. The quantitative estimate of drug-likeness (QED) is 0.290. The Morgan fingerprint density at radius 1 is 1.13 bits per heavy atom. The van der Waals surface area contributed by atoms with E-state index < -0.39 is 28.1 Å². The highest BCUT2D eigenvalue weighted by molar-refractivity contribution is 7.89. The number of hydrogen-bond donors (Lipinski definition) is 3. The average molecular weight is 673 g/mol. The van der Waals surface area contributed by atoms with Crippen LogP contribution in [0.25, 0.3) is 22.0 Å². The van der Waals surface area contributed by atoms with Crippen LogP contribution in [0.1, 0.15) is 59.3 Å². The summed E-state index contributed by atoms with van der Waals surface area (Å²) in [5.41, 5.74) is 10.2. The number of aromatic amines is 1. The van der Waals surface area contributed by atoms with Gasteiger partial charge in [-0.05, 0) is 91.8 Å². The largest absolute Gasteiger partial charge is 0.490 e. The first kappa shape index (κ1) is 34.9. The number of nitrogens with two attached hydrogens (primary N) is 1. The van der Waals surface area contributed by atoms with Crippen LogP contribution in [-0.2, 0) is 26.1 Å². The fourth-order valence-corrected chi connectivity index (χ4v) is 8.00. The molecule has 5 rings (SSSR count). The van der Waals surface area contributed by atoms with E-state index in [2.05, 4.69) is 34.4 Å². The molecule has 1 aromatic carbocycles. The smallest absolute Gasteiger partial charge is 0.475 e. The Hall–Kier alpha value is -2.98. The lowest BCUT2D eigenvalue weighted by Gasteiger charge is -2.31. The van der Waals surface area contributed by atoms with E-state index in [4.69, 9.17) is 20.4 Å². The van der Waals surface area contributed by atoms with Crippen LogP contribution in [0.3, 0.4) is 0 Å². The number of carbonyl (C=O) groups is 2. The van der Waals surface area contributed by atoms with E-state index in [9.17, 15) is 26.4 Å². The van der Waals surface area contributed by atoms with Crippen LogP contribution in [0.5, 0.6) is 0 Å². The number of sulfonamides is 1. The predicted molar refractivity (Wildman–Crippen MR) is 167 cm³/mol. The summed E-state index contributed by atoms with van der Waals surface area (Å²) in [5.74, 6) is -2.17. The van der Waals surface area contributed by atoms with Gasteiger partial charge in [0, 0.05) is 55.9 Å². The number of carboxylic acids is 1. The number of H-pyrrole nitrogens is 1. The number of aliphatic carboxylic acids is 1. The van der Waals surface area contributed by atoms with E-state index in [1.165, 1.54) is 4.88 Å². The zero-order valence-corrected chi connectivity index (χ0v) is 26.9. The number of ether oxygens (including phenoxy) is 1. The number of alkyl halides is 3. The molecule has 2 aliphatic heterocycles. The molecule has 0 unspecified atom stereocenters. The molecule has 10 nitrogen and oxygen atoms in total. The van der Waals surface area contributed by atoms with Crippen LogP contribution < -0.4 is 5.73 Å². The van der Waals surface area contributed by atoms with Crippen LogP contribution in [0.15, 0.2) is 29.8 Å². The Labute approximate surface area is 264 Å². The van der Waals surface area contributed by atoms with Crippen molar-refractivity contribution < 1.29 is 41.0 Å². The molecule has 0 radical (unpaired) electrons. The van der Waals surface area contributed by atoms with Gasteiger partial charge in [-0.2, -0.15) is 13.2 Å². The van der Waals surface area contributed by atoms with Crippen LogP contribution in [0.2, 0.25) is 0 Å². The Kier molecular flexibility index (Phi) is 11.3. The Morgan fingerprint density at radius 2 is 1.78 bits per heavy atom. The highest BCUT2D eigenvalue weighted by Gasteiger charge is 2.38. The molecule has 0 saturated carbocycles. The fourth-order valence-electron chi connectivity index (χ4n) is 5.89. The second-order valence-electron chi connectivity index (χ2n) is 11.5. The van der Waals surface area contributed by atoms with E-state index in [-0.39, 0.29) is 11.7 Å². The van der Waals surface area contributed by atoms with Crippen molar-refractivity contribution in [2.75, 3.05) is 45.6 Å². The first-order valence-electron chi connectivity index (χ1n) is 14.8. The maximum absolute atomic E-state index is 12.4. The van der Waals surface area contributed by atoms with Gasteiger partial charge in [0.15, 0.2) is 0 Å². The minimum atomic E-state index is -5.08. The van der Waals surface area contributed by atoms with Crippen molar-refractivity contribution in [3.8, 4) is 11.1 Å². The number of benzene rings is 1. The SMILES string of the molecule is CCS(=O)(=O)N1CCC(c2c[nH]c3c(C(N)=O)cc(-c4csc(CN(C)CC5CCOCC5)c4)cc23)CC1.O=C(O)C(F)(F)F. The Balaban J connectivity index is 0.000000591. The van der Waals surface area contributed by atoms with E-state index in [1.54, 1.807) is 22.6 Å². The second-order valence-corrected chi connectivity index (χ2v) is 14.7. The second kappa shape index (κ2) is 14.6. The molecule has 0 aliphatic carbocycles. The molecular formula is C30H39F3N4O6S2. The summed E-state index contributed by atoms with van der Waals surface area (Å²) in [5, 5.41) is 10.3. The van der Waals surface area contributed by atoms with E-state index in [0.717, 1.165) is 79.6 Å². The Morgan fingerprint density at radius 3 is 2.36 bits per heavy atom. The van der Waals surface area contributed by atoms with Crippen molar-refractivity contribution >= 4 is 44.1 Å². The number of carbonyl (C=O) groups excluding carboxylic acids is 1. The van der Waals surface area contributed by atoms with Crippen molar-refractivity contribution in [1.82, 2.24) is 14.2 Å². The van der Waals surface area contributed by atoms with Crippen LogP contribution in [0, 0.1) is 5.92 Å². The van der Waals surface area contributed by atoms with Crippen molar-refractivity contribution in [3.63, 3.8) is 0 Å². The molecule has 0 spiro atoms. The zero-order chi connectivity index (χ0) is 32.9. The van der Waals surface area contributed by atoms with Gasteiger partial charge in [0.2, 0.25) is 10.0 Å². The summed E-state index contributed by atoms with van der Waals surface area (Å²) in [7, 11) is -0.999. The third-order valence-electron chi connectivity index (χ3n) is 8.30. The van der Waals surface area contributed by atoms with E-state index in [0.29, 0.717) is 24.6 Å². The normalized spacial score (nSPS) is 17.4. The summed E-state index contributed by atoms with van der Waals surface area (Å²) < 4.78 is 63.5. The molecule has 4 heterocycles. The molecule has 15 heteroatoms. The molecule has 2 saturated heterocycles. The van der Waals surface area contributed by atoms with E-state index in [1.807, 2.05) is 12.3 Å². The topological polar surface area (TPSA) is 146 Å². The van der Waals surface area contributed by atoms with Gasteiger partial charge in [0.25, 0.3) is 5.91 Å². The van der Waals surface area contributed by atoms with Gasteiger partial charge >= 0.3 is 12.1 Å². The first-order valence-corrected chi connectivity index (χ1v) is 17.2. The van der Waals surface area contributed by atoms with Gasteiger partial charge in [0.05, 0.1) is 16.8 Å². The van der Waals surface area contributed by atoms with Crippen LogP contribution in [-0.4, -0.2) is 91.4 Å². The Bertz CT molecular complexity index is 1590. The number of fused-ring (bicyclic) bond motifs is 1.